The zero-order chi connectivity index (χ0) is 13.8. The minimum absolute atomic E-state index is 0.240. The molecule has 1 aliphatic rings. The third kappa shape index (κ3) is 3.25. The molecule has 2 atom stereocenters. The predicted octanol–water partition coefficient (Wildman–Crippen LogP) is 0.923. The standard InChI is InChI=1S/C13H25N5O/c1-5-11(14-3)10(2)12-15-13(16-19-12)18-8-6-17(4)7-9-18/h10-11,14H,5-9H2,1-4H3. The van der Waals surface area contributed by atoms with E-state index in [2.05, 4.69) is 46.2 Å². The second-order valence-electron chi connectivity index (χ2n) is 5.32. The van der Waals surface area contributed by atoms with E-state index in [-0.39, 0.29) is 5.92 Å². The van der Waals surface area contributed by atoms with Gasteiger partial charge in [-0.15, -0.1) is 0 Å². The van der Waals surface area contributed by atoms with E-state index in [0.29, 0.717) is 6.04 Å². The molecule has 1 aromatic heterocycles. The van der Waals surface area contributed by atoms with Gasteiger partial charge in [0.05, 0.1) is 5.92 Å². The number of hydrogen-bond donors (Lipinski definition) is 1. The van der Waals surface area contributed by atoms with Crippen molar-refractivity contribution in [1.82, 2.24) is 20.4 Å². The van der Waals surface area contributed by atoms with Crippen LogP contribution in [-0.4, -0.2) is 61.4 Å². The van der Waals surface area contributed by atoms with Crippen LogP contribution in [0.2, 0.25) is 0 Å². The van der Waals surface area contributed by atoms with Crippen LogP contribution in [0.3, 0.4) is 0 Å². The van der Waals surface area contributed by atoms with Crippen molar-refractivity contribution in [3.63, 3.8) is 0 Å². The molecule has 6 nitrogen and oxygen atoms in total. The number of hydrogen-bond acceptors (Lipinski definition) is 6. The molecule has 1 aromatic rings. The lowest BCUT2D eigenvalue weighted by molar-refractivity contribution is 0.306. The molecule has 0 aliphatic carbocycles. The van der Waals surface area contributed by atoms with Gasteiger partial charge in [-0.05, 0) is 25.7 Å². The highest BCUT2D eigenvalue weighted by Gasteiger charge is 2.24. The van der Waals surface area contributed by atoms with Gasteiger partial charge in [-0.1, -0.05) is 13.8 Å². The summed E-state index contributed by atoms with van der Waals surface area (Å²) in [6.45, 7) is 8.32. The molecule has 19 heavy (non-hydrogen) atoms. The first-order chi connectivity index (χ1) is 9.15. The van der Waals surface area contributed by atoms with E-state index < -0.39 is 0 Å². The quantitative estimate of drug-likeness (QED) is 0.856. The van der Waals surface area contributed by atoms with Gasteiger partial charge in [-0.3, -0.25) is 0 Å². The summed E-state index contributed by atoms with van der Waals surface area (Å²) in [5.41, 5.74) is 0. The normalized spacial score (nSPS) is 20.5. The van der Waals surface area contributed by atoms with E-state index in [0.717, 1.165) is 44.4 Å². The Morgan fingerprint density at radius 3 is 2.58 bits per heavy atom. The van der Waals surface area contributed by atoms with Crippen molar-refractivity contribution in [2.24, 2.45) is 0 Å². The van der Waals surface area contributed by atoms with Crippen molar-refractivity contribution in [2.45, 2.75) is 32.2 Å². The molecule has 1 N–H and O–H groups in total. The molecule has 1 aliphatic heterocycles. The Bertz CT molecular complexity index is 382. The average Bonchev–Trinajstić information content (AvgIpc) is 2.90. The summed E-state index contributed by atoms with van der Waals surface area (Å²) in [5.74, 6) is 1.71. The third-order valence-electron chi connectivity index (χ3n) is 4.02. The second-order valence-corrected chi connectivity index (χ2v) is 5.32. The first-order valence-electron chi connectivity index (χ1n) is 7.10. The number of nitrogens with one attached hydrogen (secondary N) is 1. The summed E-state index contributed by atoms with van der Waals surface area (Å²) in [5, 5.41) is 7.43. The van der Waals surface area contributed by atoms with Crippen molar-refractivity contribution in [1.29, 1.82) is 0 Å². The van der Waals surface area contributed by atoms with Gasteiger partial charge >= 0.3 is 0 Å². The fourth-order valence-corrected chi connectivity index (χ4v) is 2.53. The molecule has 0 spiro atoms. The maximum Gasteiger partial charge on any atom is 0.266 e. The highest BCUT2D eigenvalue weighted by molar-refractivity contribution is 5.29. The highest BCUT2D eigenvalue weighted by atomic mass is 16.5. The first kappa shape index (κ1) is 14.3. The molecule has 0 bridgehead atoms. The van der Waals surface area contributed by atoms with Gasteiger partial charge in [0.25, 0.3) is 5.95 Å². The molecule has 6 heteroatoms. The van der Waals surface area contributed by atoms with E-state index in [1.165, 1.54) is 0 Å². The molecular formula is C13H25N5O. The zero-order valence-corrected chi connectivity index (χ0v) is 12.4. The monoisotopic (exact) mass is 267 g/mol. The Balaban J connectivity index is 2.02. The summed E-state index contributed by atoms with van der Waals surface area (Å²) in [4.78, 5) is 9.07. The largest absolute Gasteiger partial charge is 0.337 e. The molecular weight excluding hydrogens is 242 g/mol. The number of likely N-dealkylation sites (N-methyl/N-ethyl adjacent to an activating group) is 2. The molecule has 2 heterocycles. The van der Waals surface area contributed by atoms with Crippen molar-refractivity contribution in [2.75, 3.05) is 45.2 Å². The van der Waals surface area contributed by atoms with Crippen LogP contribution in [0.1, 0.15) is 32.1 Å². The predicted molar refractivity (Wildman–Crippen MR) is 75.6 cm³/mol. The summed E-state index contributed by atoms with van der Waals surface area (Å²) < 4.78 is 5.43. The molecule has 2 unspecified atom stereocenters. The van der Waals surface area contributed by atoms with E-state index in [1.54, 1.807) is 0 Å². The van der Waals surface area contributed by atoms with Gasteiger partial charge in [-0.2, -0.15) is 4.98 Å². The molecule has 1 saturated heterocycles. The van der Waals surface area contributed by atoms with Crippen LogP contribution in [0, 0.1) is 0 Å². The van der Waals surface area contributed by atoms with E-state index in [4.69, 9.17) is 4.52 Å². The number of rotatable bonds is 5. The smallest absolute Gasteiger partial charge is 0.266 e. The van der Waals surface area contributed by atoms with Crippen LogP contribution in [0.5, 0.6) is 0 Å². The third-order valence-corrected chi connectivity index (χ3v) is 4.02. The van der Waals surface area contributed by atoms with E-state index in [1.807, 2.05) is 7.05 Å². The Morgan fingerprint density at radius 1 is 1.32 bits per heavy atom. The van der Waals surface area contributed by atoms with Gasteiger partial charge in [0.15, 0.2) is 0 Å². The lowest BCUT2D eigenvalue weighted by Crippen LogP contribution is -2.45. The van der Waals surface area contributed by atoms with Crippen LogP contribution < -0.4 is 10.2 Å². The molecule has 108 valence electrons. The molecule has 1 fully saturated rings. The maximum absolute atomic E-state index is 5.43. The molecule has 0 radical (unpaired) electrons. The molecule has 2 rings (SSSR count). The minimum Gasteiger partial charge on any atom is -0.337 e. The number of anilines is 1. The van der Waals surface area contributed by atoms with E-state index >= 15 is 0 Å². The lowest BCUT2D eigenvalue weighted by atomic mass is 10.00. The van der Waals surface area contributed by atoms with E-state index in [9.17, 15) is 0 Å². The topological polar surface area (TPSA) is 57.4 Å². The maximum atomic E-state index is 5.43. The zero-order valence-electron chi connectivity index (χ0n) is 12.4. The van der Waals surface area contributed by atoms with Crippen molar-refractivity contribution in [3.05, 3.63) is 5.89 Å². The fraction of sp³-hybridized carbons (Fsp3) is 0.846. The number of piperazine rings is 1. The van der Waals surface area contributed by atoms with Crippen LogP contribution in [0.15, 0.2) is 4.52 Å². The van der Waals surface area contributed by atoms with Gasteiger partial charge in [0.2, 0.25) is 5.89 Å². The van der Waals surface area contributed by atoms with Crippen molar-refractivity contribution >= 4 is 5.95 Å². The van der Waals surface area contributed by atoms with Gasteiger partial charge in [0, 0.05) is 32.2 Å². The summed E-state index contributed by atoms with van der Waals surface area (Å²) in [7, 11) is 4.11. The highest BCUT2D eigenvalue weighted by Crippen LogP contribution is 2.22. The lowest BCUT2D eigenvalue weighted by Gasteiger charge is -2.31. The van der Waals surface area contributed by atoms with Crippen LogP contribution in [0.4, 0.5) is 5.95 Å². The Kier molecular flexibility index (Phi) is 4.76. The average molecular weight is 267 g/mol. The van der Waals surface area contributed by atoms with Crippen molar-refractivity contribution in [3.8, 4) is 0 Å². The summed E-state index contributed by atoms with van der Waals surface area (Å²) in [6.07, 6.45) is 1.05. The summed E-state index contributed by atoms with van der Waals surface area (Å²) >= 11 is 0. The molecule has 0 aromatic carbocycles. The van der Waals surface area contributed by atoms with Gasteiger partial charge in [-0.25, -0.2) is 0 Å². The number of aromatic nitrogens is 2. The van der Waals surface area contributed by atoms with Crippen LogP contribution in [-0.2, 0) is 0 Å². The fourth-order valence-electron chi connectivity index (χ4n) is 2.53. The number of nitrogens with zero attached hydrogens (tertiary/aromatic N) is 4. The first-order valence-corrected chi connectivity index (χ1v) is 7.10. The van der Waals surface area contributed by atoms with Crippen LogP contribution in [0.25, 0.3) is 0 Å². The Hall–Kier alpha value is -1.14. The van der Waals surface area contributed by atoms with Crippen molar-refractivity contribution < 1.29 is 4.52 Å². The molecule has 0 amide bonds. The Labute approximate surface area is 115 Å². The van der Waals surface area contributed by atoms with Gasteiger partial charge < -0.3 is 19.6 Å². The van der Waals surface area contributed by atoms with Crippen LogP contribution >= 0.6 is 0 Å². The summed E-state index contributed by atoms with van der Waals surface area (Å²) in [6, 6.07) is 0.376. The Morgan fingerprint density at radius 2 is 2.00 bits per heavy atom. The second kappa shape index (κ2) is 6.34. The molecule has 0 saturated carbocycles. The minimum atomic E-state index is 0.240. The van der Waals surface area contributed by atoms with Gasteiger partial charge in [0.1, 0.15) is 0 Å². The SMILES string of the molecule is CCC(NC)C(C)c1nc(N2CCN(C)CC2)no1.